The van der Waals surface area contributed by atoms with Crippen molar-refractivity contribution >= 4 is 33.3 Å². The highest BCUT2D eigenvalue weighted by molar-refractivity contribution is 7.84. The van der Waals surface area contributed by atoms with Crippen LogP contribution in [0.5, 0.6) is 5.88 Å². The first-order valence-electron chi connectivity index (χ1n) is 8.16. The molecule has 1 atom stereocenters. The Hall–Kier alpha value is -2.88. The Morgan fingerprint density at radius 1 is 1.41 bits per heavy atom. The van der Waals surface area contributed by atoms with E-state index in [-0.39, 0.29) is 27.8 Å². The molecule has 3 aromatic rings. The molecule has 27 heavy (non-hydrogen) atoms. The minimum Gasteiger partial charge on any atom is -0.477 e. The van der Waals surface area contributed by atoms with Gasteiger partial charge in [0.25, 0.3) is 5.91 Å². The van der Waals surface area contributed by atoms with Gasteiger partial charge in [-0.1, -0.05) is 6.92 Å². The zero-order valence-corrected chi connectivity index (χ0v) is 15.8. The van der Waals surface area contributed by atoms with Crippen molar-refractivity contribution in [3.05, 3.63) is 35.9 Å². The summed E-state index contributed by atoms with van der Waals surface area (Å²) < 4.78 is 32.8. The quantitative estimate of drug-likeness (QED) is 0.647. The monoisotopic (exact) mass is 391 g/mol. The van der Waals surface area contributed by atoms with E-state index in [1.165, 1.54) is 23.2 Å². The zero-order valence-electron chi connectivity index (χ0n) is 15.0. The molecule has 0 aliphatic carbocycles. The van der Waals surface area contributed by atoms with Crippen LogP contribution in [0.15, 0.2) is 29.7 Å². The second kappa shape index (κ2) is 7.78. The van der Waals surface area contributed by atoms with Crippen molar-refractivity contribution in [1.29, 1.82) is 0 Å². The number of carbonyl (C=O) groups is 1. The molecular formula is C17H18FN5O3S. The van der Waals surface area contributed by atoms with Crippen LogP contribution in [0, 0.1) is 5.82 Å². The first-order valence-corrected chi connectivity index (χ1v) is 9.72. The summed E-state index contributed by atoms with van der Waals surface area (Å²) in [6.45, 7) is 2.25. The fourth-order valence-corrected chi connectivity index (χ4v) is 2.85. The van der Waals surface area contributed by atoms with E-state index >= 15 is 0 Å². The van der Waals surface area contributed by atoms with Crippen LogP contribution in [-0.4, -0.2) is 42.7 Å². The van der Waals surface area contributed by atoms with E-state index in [4.69, 9.17) is 4.74 Å². The summed E-state index contributed by atoms with van der Waals surface area (Å²) >= 11 is 0. The molecule has 3 rings (SSSR count). The van der Waals surface area contributed by atoms with Crippen molar-refractivity contribution in [3.63, 3.8) is 0 Å². The third-order valence-corrected chi connectivity index (χ3v) is 4.32. The summed E-state index contributed by atoms with van der Waals surface area (Å²) in [5.41, 5.74) is 0.563. The maximum atomic E-state index is 14.2. The number of halogens is 1. The molecule has 0 bridgehead atoms. The van der Waals surface area contributed by atoms with Gasteiger partial charge in [-0.2, -0.15) is 10.1 Å². The average Bonchev–Trinajstić information content (AvgIpc) is 3.00. The van der Waals surface area contributed by atoms with E-state index in [0.717, 1.165) is 0 Å². The lowest BCUT2D eigenvalue weighted by Gasteiger charge is -2.11. The van der Waals surface area contributed by atoms with Gasteiger partial charge in [-0.3, -0.25) is 13.7 Å². The van der Waals surface area contributed by atoms with Gasteiger partial charge in [0.05, 0.1) is 17.4 Å². The average molecular weight is 391 g/mol. The van der Waals surface area contributed by atoms with Gasteiger partial charge in [0.1, 0.15) is 11.1 Å². The van der Waals surface area contributed by atoms with Crippen LogP contribution in [0.2, 0.25) is 0 Å². The Morgan fingerprint density at radius 3 is 2.89 bits per heavy atom. The zero-order chi connectivity index (χ0) is 19.6. The lowest BCUT2D eigenvalue weighted by Crippen LogP contribution is -2.16. The van der Waals surface area contributed by atoms with Crippen LogP contribution < -0.4 is 10.1 Å². The molecule has 1 amide bonds. The van der Waals surface area contributed by atoms with E-state index in [9.17, 15) is 13.4 Å². The van der Waals surface area contributed by atoms with Crippen LogP contribution in [-0.2, 0) is 17.8 Å². The molecule has 2 heterocycles. The van der Waals surface area contributed by atoms with Crippen molar-refractivity contribution in [2.24, 2.45) is 7.05 Å². The van der Waals surface area contributed by atoms with Crippen molar-refractivity contribution in [2.75, 3.05) is 18.2 Å². The number of aryl methyl sites for hydroxylation is 1. The fraction of sp³-hybridized carbons (Fsp3) is 0.294. The Bertz CT molecular complexity index is 1040. The Labute approximate surface area is 157 Å². The van der Waals surface area contributed by atoms with E-state index in [1.807, 2.05) is 6.92 Å². The lowest BCUT2D eigenvalue weighted by atomic mass is 10.2. The van der Waals surface area contributed by atoms with Crippen LogP contribution in [0.4, 0.5) is 10.1 Å². The van der Waals surface area contributed by atoms with E-state index in [2.05, 4.69) is 20.4 Å². The molecule has 0 fully saturated rings. The molecule has 0 saturated heterocycles. The van der Waals surface area contributed by atoms with Gasteiger partial charge in [0.15, 0.2) is 5.82 Å². The maximum absolute atomic E-state index is 14.2. The first kappa shape index (κ1) is 18.9. The molecule has 8 nitrogen and oxygen atoms in total. The molecule has 142 valence electrons. The van der Waals surface area contributed by atoms with Crippen LogP contribution in [0.3, 0.4) is 0 Å². The highest BCUT2D eigenvalue weighted by Gasteiger charge is 2.18. The molecule has 0 spiro atoms. The molecule has 0 radical (unpaired) electrons. The molecule has 0 saturated carbocycles. The summed E-state index contributed by atoms with van der Waals surface area (Å²) in [5.74, 6) is -1.06. The van der Waals surface area contributed by atoms with Gasteiger partial charge in [0, 0.05) is 36.8 Å². The summed E-state index contributed by atoms with van der Waals surface area (Å²) in [6.07, 6.45) is 5.05. The number of benzene rings is 1. The Morgan fingerprint density at radius 2 is 2.19 bits per heavy atom. The topological polar surface area (TPSA) is 99.0 Å². The fourth-order valence-electron chi connectivity index (χ4n) is 2.44. The van der Waals surface area contributed by atoms with Crippen LogP contribution in [0.1, 0.15) is 23.7 Å². The third kappa shape index (κ3) is 4.11. The summed E-state index contributed by atoms with van der Waals surface area (Å²) in [7, 11) is 0.273. The summed E-state index contributed by atoms with van der Waals surface area (Å²) in [6, 6.07) is 2.81. The van der Waals surface area contributed by atoms with Crippen molar-refractivity contribution in [1.82, 2.24) is 19.7 Å². The van der Waals surface area contributed by atoms with Gasteiger partial charge >= 0.3 is 0 Å². The Kier molecular flexibility index (Phi) is 5.45. The number of anilines is 1. The molecular weight excluding hydrogens is 373 g/mol. The maximum Gasteiger partial charge on any atom is 0.262 e. The molecule has 0 aliphatic heterocycles. The number of hydrogen-bond acceptors (Lipinski definition) is 6. The molecule has 1 aromatic carbocycles. The number of nitrogens with zero attached hydrogens (tertiary/aromatic N) is 4. The summed E-state index contributed by atoms with van der Waals surface area (Å²) in [4.78, 5) is 20.6. The third-order valence-electron chi connectivity index (χ3n) is 3.61. The smallest absolute Gasteiger partial charge is 0.262 e. The number of aromatic nitrogens is 4. The predicted octanol–water partition coefficient (Wildman–Crippen LogP) is 2.28. The van der Waals surface area contributed by atoms with E-state index in [0.29, 0.717) is 18.4 Å². The number of amides is 1. The second-order valence-electron chi connectivity index (χ2n) is 5.83. The molecule has 1 unspecified atom stereocenters. The summed E-state index contributed by atoms with van der Waals surface area (Å²) in [5, 5.41) is 7.27. The van der Waals surface area contributed by atoms with Gasteiger partial charge in [0.2, 0.25) is 11.0 Å². The first-order chi connectivity index (χ1) is 12.9. The van der Waals surface area contributed by atoms with Crippen molar-refractivity contribution in [2.45, 2.75) is 18.5 Å². The van der Waals surface area contributed by atoms with Crippen LogP contribution in [0.25, 0.3) is 10.9 Å². The van der Waals surface area contributed by atoms with E-state index in [1.54, 1.807) is 19.3 Å². The SMILES string of the molecule is CCCOc1nc(S(C)=O)ncc1C(=O)Nc1cc(F)c2nn(C)cc2c1. The number of fused-ring (bicyclic) bond motifs is 1. The van der Waals surface area contributed by atoms with Gasteiger partial charge in [-0.15, -0.1) is 0 Å². The molecule has 2 aromatic heterocycles. The minimum absolute atomic E-state index is 0.0393. The number of nitrogens with one attached hydrogen (secondary N) is 1. The van der Waals surface area contributed by atoms with E-state index < -0.39 is 22.5 Å². The van der Waals surface area contributed by atoms with Crippen molar-refractivity contribution < 1.29 is 18.1 Å². The highest BCUT2D eigenvalue weighted by Crippen LogP contribution is 2.23. The lowest BCUT2D eigenvalue weighted by molar-refractivity contribution is 0.102. The van der Waals surface area contributed by atoms with Crippen molar-refractivity contribution in [3.8, 4) is 5.88 Å². The molecule has 0 aliphatic rings. The van der Waals surface area contributed by atoms with Gasteiger partial charge < -0.3 is 10.1 Å². The number of carbonyl (C=O) groups excluding carboxylic acids is 1. The highest BCUT2D eigenvalue weighted by atomic mass is 32.2. The standard InChI is InChI=1S/C17H18FN5O3S/c1-4-5-26-16-12(8-19-17(21-16)27(3)25)15(24)20-11-6-10-9-23(2)22-14(10)13(18)7-11/h6-9H,4-5H2,1-3H3,(H,20,24). The predicted molar refractivity (Wildman–Crippen MR) is 98.8 cm³/mol. The number of ether oxygens (including phenoxy) is 1. The Balaban J connectivity index is 1.92. The van der Waals surface area contributed by atoms with Gasteiger partial charge in [-0.05, 0) is 18.6 Å². The minimum atomic E-state index is -1.41. The largest absolute Gasteiger partial charge is 0.477 e. The number of rotatable bonds is 6. The second-order valence-corrected chi connectivity index (χ2v) is 7.10. The molecule has 1 N–H and O–H groups in total. The molecule has 10 heteroatoms. The van der Waals surface area contributed by atoms with Crippen LogP contribution >= 0.6 is 0 Å². The van der Waals surface area contributed by atoms with Gasteiger partial charge in [-0.25, -0.2) is 9.37 Å². The normalized spacial score (nSPS) is 12.1. The number of hydrogen-bond donors (Lipinski definition) is 1.